The summed E-state index contributed by atoms with van der Waals surface area (Å²) < 4.78 is 5.37. The van der Waals surface area contributed by atoms with Gasteiger partial charge in [-0.15, -0.1) is 11.6 Å². The Kier molecular flexibility index (Phi) is 4.16. The molecule has 0 heterocycles. The minimum absolute atomic E-state index is 0.0439. The monoisotopic (exact) mass is 281 g/mol. The van der Waals surface area contributed by atoms with E-state index in [1.165, 1.54) is 0 Å². The molecule has 1 aromatic carbocycles. The average Bonchev–Trinajstić information content (AvgIpc) is 2.42. The van der Waals surface area contributed by atoms with E-state index in [-0.39, 0.29) is 23.5 Å². The van der Waals surface area contributed by atoms with Crippen LogP contribution >= 0.6 is 11.6 Å². The molecule has 0 aromatic heterocycles. The second kappa shape index (κ2) is 5.51. The summed E-state index contributed by atoms with van der Waals surface area (Å²) in [5.41, 5.74) is 0.777. The normalized spacial score (nSPS) is 26.3. The summed E-state index contributed by atoms with van der Waals surface area (Å²) in [7, 11) is 1.71. The zero-order valence-electron chi connectivity index (χ0n) is 11.5. The third-order valence-corrected chi connectivity index (χ3v) is 4.55. The number of hydrogen-bond donors (Lipinski definition) is 1. The van der Waals surface area contributed by atoms with Gasteiger partial charge in [-0.05, 0) is 12.0 Å². The van der Waals surface area contributed by atoms with Gasteiger partial charge in [0.05, 0.1) is 6.10 Å². The Morgan fingerprint density at radius 2 is 2.05 bits per heavy atom. The maximum atomic E-state index is 12.1. The van der Waals surface area contributed by atoms with Crippen molar-refractivity contribution in [3.05, 3.63) is 35.9 Å². The number of ether oxygens (including phenoxy) is 1. The van der Waals surface area contributed by atoms with Gasteiger partial charge in [-0.1, -0.05) is 44.2 Å². The molecule has 0 spiro atoms. The highest BCUT2D eigenvalue weighted by molar-refractivity contribution is 6.30. The molecule has 1 aromatic rings. The van der Waals surface area contributed by atoms with Crippen LogP contribution in [0.4, 0.5) is 0 Å². The molecule has 4 heteroatoms. The Morgan fingerprint density at radius 3 is 2.58 bits per heavy atom. The van der Waals surface area contributed by atoms with E-state index in [0.29, 0.717) is 0 Å². The van der Waals surface area contributed by atoms with Gasteiger partial charge < -0.3 is 10.1 Å². The van der Waals surface area contributed by atoms with Crippen molar-refractivity contribution in [2.45, 2.75) is 37.8 Å². The molecule has 19 heavy (non-hydrogen) atoms. The number of carbonyl (C=O) groups excluding carboxylic acids is 1. The molecule has 2 rings (SSSR count). The van der Waals surface area contributed by atoms with Gasteiger partial charge in [0.25, 0.3) is 0 Å². The molecule has 0 saturated heterocycles. The Hall–Kier alpha value is -1.06. The fourth-order valence-electron chi connectivity index (χ4n) is 2.55. The van der Waals surface area contributed by atoms with Crippen LogP contribution in [0, 0.1) is 5.41 Å². The predicted octanol–water partition coefficient (Wildman–Crippen LogP) is 2.90. The lowest BCUT2D eigenvalue weighted by Crippen LogP contribution is -2.62. The van der Waals surface area contributed by atoms with Gasteiger partial charge >= 0.3 is 0 Å². The van der Waals surface area contributed by atoms with Gasteiger partial charge in [-0.3, -0.25) is 4.79 Å². The lowest BCUT2D eigenvalue weighted by molar-refractivity contribution is -0.132. The highest BCUT2D eigenvalue weighted by atomic mass is 35.5. The van der Waals surface area contributed by atoms with Crippen molar-refractivity contribution in [1.82, 2.24) is 5.32 Å². The van der Waals surface area contributed by atoms with Gasteiger partial charge in [0.2, 0.25) is 5.91 Å². The highest BCUT2D eigenvalue weighted by Crippen LogP contribution is 2.42. The van der Waals surface area contributed by atoms with Gasteiger partial charge in [0.1, 0.15) is 5.38 Å². The number of alkyl halides is 1. The topological polar surface area (TPSA) is 38.3 Å². The molecule has 3 nitrogen and oxygen atoms in total. The summed E-state index contributed by atoms with van der Waals surface area (Å²) in [4.78, 5) is 12.1. The van der Waals surface area contributed by atoms with Crippen molar-refractivity contribution in [2.24, 2.45) is 5.41 Å². The first-order valence-corrected chi connectivity index (χ1v) is 6.92. The van der Waals surface area contributed by atoms with Gasteiger partial charge in [0, 0.05) is 18.6 Å². The van der Waals surface area contributed by atoms with E-state index in [2.05, 4.69) is 19.2 Å². The van der Waals surface area contributed by atoms with Crippen molar-refractivity contribution >= 4 is 17.5 Å². The highest BCUT2D eigenvalue weighted by Gasteiger charge is 2.49. The number of halogens is 1. The molecular formula is C15H20ClNO2. The molecule has 0 aliphatic heterocycles. The summed E-state index contributed by atoms with van der Waals surface area (Å²) >= 11 is 6.20. The lowest BCUT2D eigenvalue weighted by Gasteiger charge is -2.51. The van der Waals surface area contributed by atoms with E-state index in [4.69, 9.17) is 16.3 Å². The number of benzene rings is 1. The van der Waals surface area contributed by atoms with E-state index in [1.54, 1.807) is 7.11 Å². The maximum absolute atomic E-state index is 12.1. The van der Waals surface area contributed by atoms with Crippen LogP contribution in [0.3, 0.4) is 0 Å². The molecule has 3 atom stereocenters. The van der Waals surface area contributed by atoms with Crippen molar-refractivity contribution in [2.75, 3.05) is 7.11 Å². The van der Waals surface area contributed by atoms with E-state index in [9.17, 15) is 4.79 Å². The molecule has 104 valence electrons. The number of carbonyl (C=O) groups is 1. The first kappa shape index (κ1) is 14.4. The number of amides is 1. The largest absolute Gasteiger partial charge is 0.381 e. The SMILES string of the molecule is COC1CC(NC(=O)C(Cl)c2ccccc2)C1(C)C. The number of rotatable bonds is 4. The van der Waals surface area contributed by atoms with Crippen LogP contribution in [-0.4, -0.2) is 25.2 Å². The summed E-state index contributed by atoms with van der Waals surface area (Å²) in [6, 6.07) is 9.51. The number of nitrogens with one attached hydrogen (secondary N) is 1. The van der Waals surface area contributed by atoms with Crippen LogP contribution in [0.1, 0.15) is 31.2 Å². The fraction of sp³-hybridized carbons (Fsp3) is 0.533. The molecule has 1 saturated carbocycles. The number of hydrogen-bond acceptors (Lipinski definition) is 2. The fourth-order valence-corrected chi connectivity index (χ4v) is 2.76. The van der Waals surface area contributed by atoms with Crippen molar-refractivity contribution in [3.63, 3.8) is 0 Å². The van der Waals surface area contributed by atoms with Crippen LogP contribution in [0.15, 0.2) is 30.3 Å². The standard InChI is InChI=1S/C15H20ClNO2/c1-15(2)11(9-12(15)19-3)17-14(18)13(16)10-7-5-4-6-8-10/h4-8,11-13H,9H2,1-3H3,(H,17,18). The predicted molar refractivity (Wildman–Crippen MR) is 76.2 cm³/mol. The molecule has 1 fully saturated rings. The van der Waals surface area contributed by atoms with Crippen LogP contribution in [0.25, 0.3) is 0 Å². The molecular weight excluding hydrogens is 262 g/mol. The Labute approximate surface area is 119 Å². The second-order valence-electron chi connectivity index (χ2n) is 5.62. The zero-order valence-corrected chi connectivity index (χ0v) is 12.3. The van der Waals surface area contributed by atoms with Crippen molar-refractivity contribution in [3.8, 4) is 0 Å². The van der Waals surface area contributed by atoms with E-state index < -0.39 is 5.38 Å². The summed E-state index contributed by atoms with van der Waals surface area (Å²) in [6.07, 6.45) is 1.04. The lowest BCUT2D eigenvalue weighted by atomic mass is 9.64. The van der Waals surface area contributed by atoms with Gasteiger partial charge in [-0.2, -0.15) is 0 Å². The molecule has 0 bridgehead atoms. The Bertz CT molecular complexity index is 447. The summed E-state index contributed by atoms with van der Waals surface area (Å²) in [6.45, 7) is 4.20. The molecule has 1 aliphatic rings. The first-order chi connectivity index (χ1) is 8.96. The van der Waals surface area contributed by atoms with Crippen LogP contribution < -0.4 is 5.32 Å². The third kappa shape index (κ3) is 2.77. The Morgan fingerprint density at radius 1 is 1.42 bits per heavy atom. The average molecular weight is 282 g/mol. The van der Waals surface area contributed by atoms with Gasteiger partial charge in [-0.25, -0.2) is 0 Å². The molecule has 1 aliphatic carbocycles. The maximum Gasteiger partial charge on any atom is 0.242 e. The van der Waals surface area contributed by atoms with Crippen LogP contribution in [0.5, 0.6) is 0 Å². The van der Waals surface area contributed by atoms with E-state index >= 15 is 0 Å². The molecule has 0 radical (unpaired) electrons. The minimum atomic E-state index is -0.640. The van der Waals surface area contributed by atoms with Gasteiger partial charge in [0.15, 0.2) is 0 Å². The zero-order chi connectivity index (χ0) is 14.0. The van der Waals surface area contributed by atoms with Crippen molar-refractivity contribution in [1.29, 1.82) is 0 Å². The van der Waals surface area contributed by atoms with Crippen molar-refractivity contribution < 1.29 is 9.53 Å². The number of methoxy groups -OCH3 is 1. The van der Waals surface area contributed by atoms with Crippen LogP contribution in [0.2, 0.25) is 0 Å². The quantitative estimate of drug-likeness (QED) is 0.862. The smallest absolute Gasteiger partial charge is 0.242 e. The third-order valence-electron chi connectivity index (χ3n) is 4.10. The Balaban J connectivity index is 1.96. The van der Waals surface area contributed by atoms with Crippen LogP contribution in [-0.2, 0) is 9.53 Å². The van der Waals surface area contributed by atoms with E-state index in [1.807, 2.05) is 30.3 Å². The molecule has 1 N–H and O–H groups in total. The summed E-state index contributed by atoms with van der Waals surface area (Å²) in [5, 5.41) is 2.38. The molecule has 3 unspecified atom stereocenters. The summed E-state index contributed by atoms with van der Waals surface area (Å²) in [5.74, 6) is -0.138. The first-order valence-electron chi connectivity index (χ1n) is 6.49. The van der Waals surface area contributed by atoms with E-state index in [0.717, 1.165) is 12.0 Å². The minimum Gasteiger partial charge on any atom is -0.381 e. The molecule has 1 amide bonds. The second-order valence-corrected chi connectivity index (χ2v) is 6.05.